The summed E-state index contributed by atoms with van der Waals surface area (Å²) in [7, 11) is 0. The van der Waals surface area contributed by atoms with E-state index in [1.807, 2.05) is 30.3 Å². The van der Waals surface area contributed by atoms with Gasteiger partial charge in [0, 0.05) is 15.1 Å². The number of benzene rings is 2. The summed E-state index contributed by atoms with van der Waals surface area (Å²) < 4.78 is 6.64. The number of carbonyl (C=O) groups excluding carboxylic acids is 1. The molecule has 0 bridgehead atoms. The lowest BCUT2D eigenvalue weighted by atomic mass is 10.2. The van der Waals surface area contributed by atoms with Gasteiger partial charge in [0.2, 0.25) is 0 Å². The van der Waals surface area contributed by atoms with Crippen molar-refractivity contribution >= 4 is 39.8 Å². The summed E-state index contributed by atoms with van der Waals surface area (Å²) >= 11 is 9.22. The molecule has 0 saturated carbocycles. The molecule has 22 heavy (non-hydrogen) atoms. The largest absolute Gasteiger partial charge is 0.488 e. The summed E-state index contributed by atoms with van der Waals surface area (Å²) in [6.07, 6.45) is 1.46. The van der Waals surface area contributed by atoms with Crippen LogP contribution in [0.4, 0.5) is 4.79 Å². The number of hydrogen-bond donors (Lipinski definition) is 2. The molecule has 0 aliphatic rings. The fourth-order valence-electron chi connectivity index (χ4n) is 1.66. The summed E-state index contributed by atoms with van der Waals surface area (Å²) in [5, 5.41) is 4.42. The number of nitrogens with zero attached hydrogens (tertiary/aromatic N) is 1. The zero-order chi connectivity index (χ0) is 15.9. The molecule has 2 aromatic carbocycles. The molecule has 0 heterocycles. The Bertz CT molecular complexity index is 690. The molecule has 5 nitrogen and oxygen atoms in total. The van der Waals surface area contributed by atoms with Crippen molar-refractivity contribution in [3.8, 4) is 5.75 Å². The lowest BCUT2D eigenvalue weighted by molar-refractivity contribution is 0.249. The number of hydrazone groups is 1. The van der Waals surface area contributed by atoms with Crippen molar-refractivity contribution in [1.82, 2.24) is 5.43 Å². The number of urea groups is 1. The zero-order valence-electron chi connectivity index (χ0n) is 11.4. The van der Waals surface area contributed by atoms with E-state index >= 15 is 0 Å². The van der Waals surface area contributed by atoms with Crippen LogP contribution >= 0.6 is 27.5 Å². The van der Waals surface area contributed by atoms with Crippen LogP contribution in [0.15, 0.2) is 52.0 Å². The van der Waals surface area contributed by atoms with Gasteiger partial charge in [0.15, 0.2) is 0 Å². The molecule has 0 aliphatic heterocycles. The highest BCUT2D eigenvalue weighted by Crippen LogP contribution is 2.23. The third-order valence-electron chi connectivity index (χ3n) is 2.66. The molecule has 2 amide bonds. The fourth-order valence-corrected chi connectivity index (χ4v) is 2.16. The molecule has 114 valence electrons. The lowest BCUT2D eigenvalue weighted by Gasteiger charge is -2.09. The first kappa shape index (κ1) is 16.3. The highest BCUT2D eigenvalue weighted by Gasteiger charge is 2.04. The van der Waals surface area contributed by atoms with E-state index in [2.05, 4.69) is 26.5 Å². The van der Waals surface area contributed by atoms with Crippen molar-refractivity contribution < 1.29 is 9.53 Å². The van der Waals surface area contributed by atoms with Gasteiger partial charge in [0.05, 0.1) is 6.21 Å². The first-order chi connectivity index (χ1) is 10.5. The van der Waals surface area contributed by atoms with Crippen molar-refractivity contribution in [2.75, 3.05) is 0 Å². The number of hydrogen-bond acceptors (Lipinski definition) is 3. The molecule has 0 spiro atoms. The minimum absolute atomic E-state index is 0.392. The molecule has 3 N–H and O–H groups in total. The third kappa shape index (κ3) is 5.05. The second-order valence-corrected chi connectivity index (χ2v) is 5.68. The molecule has 0 unspecified atom stereocenters. The van der Waals surface area contributed by atoms with Crippen LogP contribution in [0.25, 0.3) is 0 Å². The van der Waals surface area contributed by atoms with Gasteiger partial charge in [-0.1, -0.05) is 39.7 Å². The van der Waals surface area contributed by atoms with E-state index in [0.717, 1.165) is 10.0 Å². The molecule has 0 atom stereocenters. The molecule has 2 aromatic rings. The summed E-state index contributed by atoms with van der Waals surface area (Å²) in [6, 6.07) is 12.2. The van der Waals surface area contributed by atoms with Gasteiger partial charge in [-0.05, 0) is 35.9 Å². The van der Waals surface area contributed by atoms with Crippen LogP contribution in [0.3, 0.4) is 0 Å². The molecule has 2 rings (SSSR count). The average molecular weight is 383 g/mol. The molecule has 0 aliphatic carbocycles. The Morgan fingerprint density at radius 3 is 2.73 bits per heavy atom. The van der Waals surface area contributed by atoms with E-state index in [1.165, 1.54) is 6.21 Å². The summed E-state index contributed by atoms with van der Waals surface area (Å²) in [5.74, 6) is 0.633. The van der Waals surface area contributed by atoms with Gasteiger partial charge in [-0.15, -0.1) is 0 Å². The van der Waals surface area contributed by atoms with Crippen molar-refractivity contribution in [3.05, 3.63) is 63.1 Å². The quantitative estimate of drug-likeness (QED) is 0.611. The Labute approximate surface area is 141 Å². The maximum Gasteiger partial charge on any atom is 0.332 e. The van der Waals surface area contributed by atoms with Crippen LogP contribution < -0.4 is 15.9 Å². The molecule has 7 heteroatoms. The zero-order valence-corrected chi connectivity index (χ0v) is 13.8. The number of primary amides is 1. The van der Waals surface area contributed by atoms with Crippen LogP contribution in [0.1, 0.15) is 11.1 Å². The van der Waals surface area contributed by atoms with E-state index in [-0.39, 0.29) is 0 Å². The van der Waals surface area contributed by atoms with Crippen molar-refractivity contribution in [2.45, 2.75) is 6.61 Å². The van der Waals surface area contributed by atoms with E-state index in [0.29, 0.717) is 22.9 Å². The van der Waals surface area contributed by atoms with Crippen LogP contribution in [-0.4, -0.2) is 12.2 Å². The Morgan fingerprint density at radius 2 is 2.05 bits per heavy atom. The highest BCUT2D eigenvalue weighted by atomic mass is 79.9. The van der Waals surface area contributed by atoms with Crippen LogP contribution in [0.2, 0.25) is 5.02 Å². The predicted octanol–water partition coefficient (Wildman–Crippen LogP) is 3.68. The van der Waals surface area contributed by atoms with Gasteiger partial charge < -0.3 is 10.5 Å². The predicted molar refractivity (Wildman–Crippen MR) is 90.2 cm³/mol. The number of nitrogens with one attached hydrogen (secondary N) is 1. The summed E-state index contributed by atoms with van der Waals surface area (Å²) in [5.41, 5.74) is 8.80. The second-order valence-electron chi connectivity index (χ2n) is 4.33. The molecule has 0 saturated heterocycles. The van der Waals surface area contributed by atoms with Crippen molar-refractivity contribution in [1.29, 1.82) is 0 Å². The van der Waals surface area contributed by atoms with Gasteiger partial charge in [0.25, 0.3) is 0 Å². The second kappa shape index (κ2) is 7.82. The van der Waals surface area contributed by atoms with Crippen molar-refractivity contribution in [2.24, 2.45) is 10.8 Å². The number of carbonyl (C=O) groups is 1. The number of rotatable bonds is 5. The molecular weight excluding hydrogens is 370 g/mol. The average Bonchev–Trinajstić information content (AvgIpc) is 2.48. The van der Waals surface area contributed by atoms with E-state index in [4.69, 9.17) is 22.1 Å². The topological polar surface area (TPSA) is 76.7 Å². The van der Waals surface area contributed by atoms with Gasteiger partial charge in [-0.25, -0.2) is 10.2 Å². The number of nitrogens with two attached hydrogens (primary N) is 1. The minimum Gasteiger partial charge on any atom is -0.488 e. The van der Waals surface area contributed by atoms with Gasteiger partial charge in [0.1, 0.15) is 12.4 Å². The normalized spacial score (nSPS) is 10.6. The smallest absolute Gasteiger partial charge is 0.332 e. The first-order valence-electron chi connectivity index (χ1n) is 6.30. The van der Waals surface area contributed by atoms with Crippen LogP contribution in [0, 0.1) is 0 Å². The van der Waals surface area contributed by atoms with Gasteiger partial charge in [-0.2, -0.15) is 5.10 Å². The summed E-state index contributed by atoms with van der Waals surface area (Å²) in [6.45, 7) is 0.392. The van der Waals surface area contributed by atoms with Gasteiger partial charge >= 0.3 is 6.03 Å². The maximum absolute atomic E-state index is 10.6. The third-order valence-corrected chi connectivity index (χ3v) is 3.40. The minimum atomic E-state index is -0.727. The maximum atomic E-state index is 10.6. The SMILES string of the molecule is NC(=O)NN=Cc1cc(Br)ccc1OCc1ccc(Cl)cc1. The molecule has 0 radical (unpaired) electrons. The molecule has 0 fully saturated rings. The monoisotopic (exact) mass is 381 g/mol. The Kier molecular flexibility index (Phi) is 5.80. The Morgan fingerprint density at radius 1 is 1.32 bits per heavy atom. The van der Waals surface area contributed by atoms with Crippen LogP contribution in [0.5, 0.6) is 5.75 Å². The summed E-state index contributed by atoms with van der Waals surface area (Å²) in [4.78, 5) is 10.6. The van der Waals surface area contributed by atoms with E-state index in [1.54, 1.807) is 12.1 Å². The van der Waals surface area contributed by atoms with Crippen LogP contribution in [-0.2, 0) is 6.61 Å². The molecule has 0 aromatic heterocycles. The fraction of sp³-hybridized carbons (Fsp3) is 0.0667. The van der Waals surface area contributed by atoms with Crippen molar-refractivity contribution in [3.63, 3.8) is 0 Å². The first-order valence-corrected chi connectivity index (χ1v) is 7.47. The molecular formula is C15H13BrClN3O2. The Balaban J connectivity index is 2.10. The number of amides is 2. The number of halogens is 2. The van der Waals surface area contributed by atoms with E-state index in [9.17, 15) is 4.79 Å². The Hall–Kier alpha value is -2.05. The van der Waals surface area contributed by atoms with Gasteiger partial charge in [-0.3, -0.25) is 0 Å². The standard InChI is InChI=1S/C15H13BrClN3O2/c16-12-3-6-14(11(7-12)8-19-20-15(18)21)22-9-10-1-4-13(17)5-2-10/h1-8H,9H2,(H3,18,20,21). The number of ether oxygens (including phenoxy) is 1. The lowest BCUT2D eigenvalue weighted by Crippen LogP contribution is -2.24. The highest BCUT2D eigenvalue weighted by molar-refractivity contribution is 9.10. The van der Waals surface area contributed by atoms with E-state index < -0.39 is 6.03 Å².